The largest absolute Gasteiger partial charge is 0.488 e. The molecule has 6 heteroatoms. The lowest BCUT2D eigenvalue weighted by molar-refractivity contribution is 0.0599. The molecule has 0 saturated heterocycles. The first-order chi connectivity index (χ1) is 15.9. The average Bonchev–Trinajstić information content (AvgIpc) is 3.28. The summed E-state index contributed by atoms with van der Waals surface area (Å²) < 4.78 is 38.2. The number of hydrogen-bond donors (Lipinski definition) is 0. The van der Waals surface area contributed by atoms with Crippen molar-refractivity contribution < 1.29 is 23.0 Å². The van der Waals surface area contributed by atoms with E-state index >= 15 is 0 Å². The molecule has 1 aliphatic carbocycles. The number of hydrogen-bond acceptors (Lipinski definition) is 4. The van der Waals surface area contributed by atoms with Gasteiger partial charge in [-0.25, -0.2) is 13.6 Å². The minimum Gasteiger partial charge on any atom is -0.488 e. The monoisotopic (exact) mass is 449 g/mol. The summed E-state index contributed by atoms with van der Waals surface area (Å²) in [6.07, 6.45) is 4.45. The lowest BCUT2D eigenvalue weighted by Gasteiger charge is -2.16. The van der Waals surface area contributed by atoms with Gasteiger partial charge in [-0.3, -0.25) is 4.98 Å². The van der Waals surface area contributed by atoms with E-state index in [1.165, 1.54) is 19.2 Å². The zero-order valence-corrected chi connectivity index (χ0v) is 18.9. The Kier molecular flexibility index (Phi) is 6.54. The van der Waals surface area contributed by atoms with Gasteiger partial charge < -0.3 is 9.47 Å². The van der Waals surface area contributed by atoms with Gasteiger partial charge in [-0.2, -0.15) is 0 Å². The Morgan fingerprint density at radius 1 is 1.03 bits per heavy atom. The van der Waals surface area contributed by atoms with Crippen molar-refractivity contribution in [2.75, 3.05) is 7.11 Å². The number of rotatable bonds is 6. The standard InChI is InChI=1S/C27H25F2NO3/c1-16-7-10-26(33-15-18-8-9-20(28)13-25(18)29)24(11-16)22-6-4-5-21(22)19-12-23(27(31)32-3)17(2)30-14-19/h7-14H,4-6,15H2,1-3H3. The van der Waals surface area contributed by atoms with Gasteiger partial charge in [0.15, 0.2) is 0 Å². The molecule has 3 aromatic rings. The Morgan fingerprint density at radius 2 is 1.82 bits per heavy atom. The van der Waals surface area contributed by atoms with Gasteiger partial charge in [-0.15, -0.1) is 0 Å². The van der Waals surface area contributed by atoms with Crippen LogP contribution in [0.5, 0.6) is 5.75 Å². The van der Waals surface area contributed by atoms with Gasteiger partial charge in [-0.1, -0.05) is 11.6 Å². The number of carbonyl (C=O) groups is 1. The lowest BCUT2D eigenvalue weighted by Crippen LogP contribution is -2.06. The maximum absolute atomic E-state index is 14.1. The maximum atomic E-state index is 14.1. The predicted molar refractivity (Wildman–Crippen MR) is 123 cm³/mol. The van der Waals surface area contributed by atoms with E-state index < -0.39 is 17.6 Å². The van der Waals surface area contributed by atoms with Gasteiger partial charge in [0.1, 0.15) is 24.0 Å². The molecule has 0 amide bonds. The molecule has 0 spiro atoms. The summed E-state index contributed by atoms with van der Waals surface area (Å²) in [6.45, 7) is 3.77. The molecule has 0 aliphatic heterocycles. The highest BCUT2D eigenvalue weighted by Gasteiger charge is 2.23. The third-order valence-electron chi connectivity index (χ3n) is 5.92. The van der Waals surface area contributed by atoms with Crippen molar-refractivity contribution in [3.05, 3.63) is 93.8 Å². The number of halogens is 2. The highest BCUT2D eigenvalue weighted by molar-refractivity contribution is 5.97. The molecule has 0 atom stereocenters. The first kappa shape index (κ1) is 22.6. The Morgan fingerprint density at radius 3 is 2.58 bits per heavy atom. The molecule has 1 aromatic heterocycles. The predicted octanol–water partition coefficient (Wildman–Crippen LogP) is 6.44. The Hall–Kier alpha value is -3.54. The van der Waals surface area contributed by atoms with E-state index in [0.717, 1.165) is 53.2 Å². The molecular weight excluding hydrogens is 424 g/mol. The molecule has 4 nitrogen and oxygen atoms in total. The van der Waals surface area contributed by atoms with Crippen LogP contribution in [-0.4, -0.2) is 18.1 Å². The minimum atomic E-state index is -0.634. The number of esters is 1. The second-order valence-corrected chi connectivity index (χ2v) is 8.18. The number of allylic oxidation sites excluding steroid dienone is 2. The van der Waals surface area contributed by atoms with Crippen molar-refractivity contribution in [2.45, 2.75) is 39.7 Å². The lowest BCUT2D eigenvalue weighted by atomic mass is 9.95. The molecular formula is C27H25F2NO3. The summed E-state index contributed by atoms with van der Waals surface area (Å²) >= 11 is 0. The molecule has 0 saturated carbocycles. The van der Waals surface area contributed by atoms with E-state index in [1.807, 2.05) is 25.1 Å². The highest BCUT2D eigenvalue weighted by Crippen LogP contribution is 2.43. The Labute approximate surface area is 191 Å². The van der Waals surface area contributed by atoms with E-state index in [0.29, 0.717) is 17.0 Å². The van der Waals surface area contributed by atoms with Gasteiger partial charge in [-0.05, 0) is 80.2 Å². The molecule has 0 N–H and O–H groups in total. The number of ether oxygens (including phenoxy) is 2. The Bertz CT molecular complexity index is 1250. The van der Waals surface area contributed by atoms with Crippen molar-refractivity contribution in [3.8, 4) is 5.75 Å². The third kappa shape index (κ3) is 4.80. The molecule has 170 valence electrons. The fourth-order valence-corrected chi connectivity index (χ4v) is 4.17. The van der Waals surface area contributed by atoms with Gasteiger partial charge >= 0.3 is 5.97 Å². The van der Waals surface area contributed by atoms with Crippen molar-refractivity contribution in [2.24, 2.45) is 0 Å². The number of methoxy groups -OCH3 is 1. The zero-order chi connectivity index (χ0) is 23.5. The van der Waals surface area contributed by atoms with Crippen molar-refractivity contribution in [1.29, 1.82) is 0 Å². The molecule has 4 rings (SSSR count). The summed E-state index contributed by atoms with van der Waals surface area (Å²) in [5, 5.41) is 0. The SMILES string of the molecule is COC(=O)c1cc(C2=C(c3cc(C)ccc3OCc3ccc(F)cc3F)CCC2)cnc1C. The molecule has 0 fully saturated rings. The van der Waals surface area contributed by atoms with Crippen LogP contribution in [0.4, 0.5) is 8.78 Å². The number of aromatic nitrogens is 1. The van der Waals surface area contributed by atoms with Crippen LogP contribution in [0.25, 0.3) is 11.1 Å². The molecule has 2 aromatic carbocycles. The third-order valence-corrected chi connectivity index (χ3v) is 5.92. The highest BCUT2D eigenvalue weighted by atomic mass is 19.1. The van der Waals surface area contributed by atoms with Crippen molar-refractivity contribution in [3.63, 3.8) is 0 Å². The fourth-order valence-electron chi connectivity index (χ4n) is 4.17. The van der Waals surface area contributed by atoms with Crippen LogP contribution in [0.15, 0.2) is 48.7 Å². The molecule has 0 bridgehead atoms. The number of carbonyl (C=O) groups excluding carboxylic acids is 1. The number of pyridine rings is 1. The van der Waals surface area contributed by atoms with E-state index in [-0.39, 0.29) is 12.2 Å². The van der Waals surface area contributed by atoms with Crippen molar-refractivity contribution >= 4 is 17.1 Å². The van der Waals surface area contributed by atoms with Crippen LogP contribution in [-0.2, 0) is 11.3 Å². The van der Waals surface area contributed by atoms with Gasteiger partial charge in [0.05, 0.1) is 18.4 Å². The smallest absolute Gasteiger partial charge is 0.339 e. The van der Waals surface area contributed by atoms with E-state index in [1.54, 1.807) is 13.1 Å². The van der Waals surface area contributed by atoms with E-state index in [2.05, 4.69) is 11.1 Å². The maximum Gasteiger partial charge on any atom is 0.339 e. The second kappa shape index (κ2) is 9.53. The van der Waals surface area contributed by atoms with Gasteiger partial charge in [0.25, 0.3) is 0 Å². The normalized spacial score (nSPS) is 13.4. The van der Waals surface area contributed by atoms with Crippen LogP contribution >= 0.6 is 0 Å². The summed E-state index contributed by atoms with van der Waals surface area (Å²) in [7, 11) is 1.36. The van der Waals surface area contributed by atoms with Crippen LogP contribution in [0, 0.1) is 25.5 Å². The average molecular weight is 449 g/mol. The molecule has 0 radical (unpaired) electrons. The summed E-state index contributed by atoms with van der Waals surface area (Å²) in [5.74, 6) is -1.04. The zero-order valence-electron chi connectivity index (χ0n) is 18.9. The quantitative estimate of drug-likeness (QED) is 0.407. The summed E-state index contributed by atoms with van der Waals surface area (Å²) in [5.41, 5.74) is 6.46. The van der Waals surface area contributed by atoms with E-state index in [4.69, 9.17) is 9.47 Å². The summed E-state index contributed by atoms with van der Waals surface area (Å²) in [4.78, 5) is 16.6. The molecule has 33 heavy (non-hydrogen) atoms. The first-order valence-corrected chi connectivity index (χ1v) is 10.8. The summed E-state index contributed by atoms with van der Waals surface area (Å²) in [6, 6.07) is 11.2. The number of benzene rings is 2. The van der Waals surface area contributed by atoms with E-state index in [9.17, 15) is 13.6 Å². The minimum absolute atomic E-state index is 0.0106. The van der Waals surface area contributed by atoms with Crippen molar-refractivity contribution in [1.82, 2.24) is 4.98 Å². The number of aryl methyl sites for hydroxylation is 2. The number of nitrogens with zero attached hydrogens (tertiary/aromatic N) is 1. The molecule has 1 aliphatic rings. The first-order valence-electron chi connectivity index (χ1n) is 10.8. The molecule has 1 heterocycles. The van der Waals surface area contributed by atoms with Crippen LogP contribution in [0.2, 0.25) is 0 Å². The topological polar surface area (TPSA) is 48.4 Å². The Balaban J connectivity index is 1.72. The molecule has 0 unspecified atom stereocenters. The van der Waals surface area contributed by atoms with Crippen LogP contribution in [0.3, 0.4) is 0 Å². The second-order valence-electron chi connectivity index (χ2n) is 8.18. The fraction of sp³-hybridized carbons (Fsp3) is 0.259. The van der Waals surface area contributed by atoms with Crippen LogP contribution in [0.1, 0.15) is 57.6 Å². The van der Waals surface area contributed by atoms with Gasteiger partial charge in [0, 0.05) is 23.4 Å². The van der Waals surface area contributed by atoms with Crippen LogP contribution < -0.4 is 4.74 Å². The van der Waals surface area contributed by atoms with Gasteiger partial charge in [0.2, 0.25) is 0 Å².